The van der Waals surface area contributed by atoms with Crippen LogP contribution in [0.5, 0.6) is 0 Å². The lowest BCUT2D eigenvalue weighted by atomic mass is 9.99. The summed E-state index contributed by atoms with van der Waals surface area (Å²) in [6.07, 6.45) is 2.18. The third-order valence-corrected chi connectivity index (χ3v) is 4.62. The number of rotatable bonds is 1. The zero-order chi connectivity index (χ0) is 13.8. The van der Waals surface area contributed by atoms with Gasteiger partial charge in [-0.1, -0.05) is 18.8 Å². The molecule has 0 bridgehead atoms. The highest BCUT2D eigenvalue weighted by atomic mass is 32.1. The number of aliphatic hydroxyl groups excluding tert-OH is 1. The van der Waals surface area contributed by atoms with Crippen molar-refractivity contribution in [2.45, 2.75) is 26.7 Å². The molecule has 1 aliphatic rings. The zero-order valence-electron chi connectivity index (χ0n) is 11.4. The van der Waals surface area contributed by atoms with Crippen molar-refractivity contribution in [2.24, 2.45) is 5.92 Å². The Morgan fingerprint density at radius 3 is 2.84 bits per heavy atom. The van der Waals surface area contributed by atoms with Crippen LogP contribution in [-0.4, -0.2) is 35.6 Å². The minimum absolute atomic E-state index is 0.122. The standard InChI is InChI=1S/C15H19NO2S/c1-11-5-7-16(8-6-11)15(18)14-10-12(2)13(19-14)4-3-9-17/h10-11,17H,5-9H2,1-2H3. The van der Waals surface area contributed by atoms with Crippen LogP contribution in [0.15, 0.2) is 6.07 Å². The summed E-state index contributed by atoms with van der Waals surface area (Å²) < 4.78 is 0. The first-order valence-electron chi connectivity index (χ1n) is 6.61. The molecule has 2 rings (SSSR count). The van der Waals surface area contributed by atoms with Crippen LogP contribution < -0.4 is 0 Å². The summed E-state index contributed by atoms with van der Waals surface area (Å²) in [5.41, 5.74) is 1.01. The predicted octanol–water partition coefficient (Wildman–Crippen LogP) is 2.27. The van der Waals surface area contributed by atoms with Gasteiger partial charge < -0.3 is 10.0 Å². The van der Waals surface area contributed by atoms with E-state index in [1.165, 1.54) is 11.3 Å². The molecule has 3 nitrogen and oxygen atoms in total. The van der Waals surface area contributed by atoms with Gasteiger partial charge in [-0.15, -0.1) is 11.3 Å². The Hall–Kier alpha value is -1.31. The summed E-state index contributed by atoms with van der Waals surface area (Å²) >= 11 is 1.43. The van der Waals surface area contributed by atoms with Gasteiger partial charge in [0.15, 0.2) is 0 Å². The van der Waals surface area contributed by atoms with Crippen molar-refractivity contribution < 1.29 is 9.90 Å². The van der Waals surface area contributed by atoms with Crippen molar-refractivity contribution in [1.29, 1.82) is 0 Å². The smallest absolute Gasteiger partial charge is 0.263 e. The Balaban J connectivity index is 2.11. The molecule has 0 radical (unpaired) electrons. The summed E-state index contributed by atoms with van der Waals surface area (Å²) in [6.45, 7) is 5.75. The number of nitrogens with zero attached hydrogens (tertiary/aromatic N) is 1. The van der Waals surface area contributed by atoms with Crippen LogP contribution in [0.25, 0.3) is 0 Å². The van der Waals surface area contributed by atoms with Gasteiger partial charge in [-0.25, -0.2) is 0 Å². The number of amides is 1. The number of hydrogen-bond acceptors (Lipinski definition) is 3. The van der Waals surface area contributed by atoms with E-state index in [1.807, 2.05) is 17.9 Å². The van der Waals surface area contributed by atoms with Gasteiger partial charge in [-0.2, -0.15) is 0 Å². The Morgan fingerprint density at radius 1 is 1.53 bits per heavy atom. The van der Waals surface area contributed by atoms with Crippen molar-refractivity contribution in [3.05, 3.63) is 21.4 Å². The fourth-order valence-corrected chi connectivity index (χ4v) is 3.21. The third-order valence-electron chi connectivity index (χ3n) is 3.48. The summed E-state index contributed by atoms with van der Waals surface area (Å²) in [6, 6.07) is 1.91. The van der Waals surface area contributed by atoms with E-state index in [9.17, 15) is 4.79 Å². The molecule has 0 saturated carbocycles. The van der Waals surface area contributed by atoms with Crippen LogP contribution in [0.2, 0.25) is 0 Å². The molecule has 1 saturated heterocycles. The molecule has 4 heteroatoms. The van der Waals surface area contributed by atoms with Crippen LogP contribution in [0.4, 0.5) is 0 Å². The van der Waals surface area contributed by atoms with E-state index in [1.54, 1.807) is 0 Å². The van der Waals surface area contributed by atoms with E-state index in [4.69, 9.17) is 5.11 Å². The van der Waals surface area contributed by atoms with Crippen molar-refractivity contribution in [1.82, 2.24) is 4.90 Å². The molecule has 0 aliphatic carbocycles. The molecule has 102 valence electrons. The van der Waals surface area contributed by atoms with E-state index in [-0.39, 0.29) is 12.5 Å². The van der Waals surface area contributed by atoms with Gasteiger partial charge in [0.05, 0.1) is 9.75 Å². The highest BCUT2D eigenvalue weighted by Gasteiger charge is 2.23. The Labute approximate surface area is 118 Å². The van der Waals surface area contributed by atoms with Crippen LogP contribution in [0.1, 0.15) is 39.9 Å². The Kier molecular flexibility index (Phi) is 4.62. The van der Waals surface area contributed by atoms with E-state index < -0.39 is 0 Å². The minimum Gasteiger partial charge on any atom is -0.384 e. The highest BCUT2D eigenvalue weighted by Crippen LogP contribution is 2.24. The minimum atomic E-state index is -0.148. The molecule has 1 aromatic heterocycles. The molecule has 1 aromatic rings. The highest BCUT2D eigenvalue weighted by molar-refractivity contribution is 7.14. The van der Waals surface area contributed by atoms with Crippen LogP contribution in [0.3, 0.4) is 0 Å². The molecule has 1 fully saturated rings. The average molecular weight is 277 g/mol. The summed E-state index contributed by atoms with van der Waals surface area (Å²) in [7, 11) is 0. The second-order valence-electron chi connectivity index (χ2n) is 5.06. The molecule has 0 unspecified atom stereocenters. The lowest BCUT2D eigenvalue weighted by Crippen LogP contribution is -2.37. The van der Waals surface area contributed by atoms with Gasteiger partial charge in [0.1, 0.15) is 6.61 Å². The molecular formula is C15H19NO2S. The molecule has 0 atom stereocenters. The number of hydrogen-bond donors (Lipinski definition) is 1. The number of carbonyl (C=O) groups excluding carboxylic acids is 1. The zero-order valence-corrected chi connectivity index (χ0v) is 12.2. The van der Waals surface area contributed by atoms with Crippen LogP contribution >= 0.6 is 11.3 Å². The summed E-state index contributed by atoms with van der Waals surface area (Å²) in [5.74, 6) is 6.37. The maximum Gasteiger partial charge on any atom is 0.263 e. The van der Waals surface area contributed by atoms with Gasteiger partial charge in [0.2, 0.25) is 0 Å². The molecule has 1 aliphatic heterocycles. The van der Waals surface area contributed by atoms with Crippen molar-refractivity contribution in [3.8, 4) is 11.8 Å². The maximum absolute atomic E-state index is 12.4. The molecule has 0 aromatic carbocycles. The lowest BCUT2D eigenvalue weighted by Gasteiger charge is -2.29. The van der Waals surface area contributed by atoms with Gasteiger partial charge in [-0.05, 0) is 37.3 Å². The third kappa shape index (κ3) is 3.37. The first-order chi connectivity index (χ1) is 9.11. The number of thiophene rings is 1. The van der Waals surface area contributed by atoms with Crippen LogP contribution in [0, 0.1) is 24.7 Å². The Bertz CT molecular complexity index is 516. The number of carbonyl (C=O) groups is 1. The molecule has 0 spiro atoms. The Morgan fingerprint density at radius 2 is 2.21 bits per heavy atom. The number of likely N-dealkylation sites (tertiary alicyclic amines) is 1. The van der Waals surface area contributed by atoms with E-state index >= 15 is 0 Å². The molecule has 19 heavy (non-hydrogen) atoms. The van der Waals surface area contributed by atoms with E-state index in [0.29, 0.717) is 0 Å². The van der Waals surface area contributed by atoms with Gasteiger partial charge in [0, 0.05) is 13.1 Å². The summed E-state index contributed by atoms with van der Waals surface area (Å²) in [5, 5.41) is 8.72. The van der Waals surface area contributed by atoms with E-state index in [2.05, 4.69) is 18.8 Å². The monoisotopic (exact) mass is 277 g/mol. The van der Waals surface area contributed by atoms with Crippen molar-refractivity contribution in [3.63, 3.8) is 0 Å². The molecular weight excluding hydrogens is 258 g/mol. The second-order valence-corrected chi connectivity index (χ2v) is 6.11. The van der Waals surface area contributed by atoms with Crippen molar-refractivity contribution in [2.75, 3.05) is 19.7 Å². The SMILES string of the molecule is Cc1cc(C(=O)N2CCC(C)CC2)sc1C#CCO. The first kappa shape index (κ1) is 14.1. The second kappa shape index (κ2) is 6.23. The predicted molar refractivity (Wildman–Crippen MR) is 77.3 cm³/mol. The number of piperidine rings is 1. The van der Waals surface area contributed by atoms with Crippen molar-refractivity contribution >= 4 is 17.2 Å². The van der Waals surface area contributed by atoms with Crippen LogP contribution in [-0.2, 0) is 0 Å². The molecule has 2 heterocycles. The normalized spacial score (nSPS) is 16.1. The topological polar surface area (TPSA) is 40.5 Å². The molecule has 1 amide bonds. The number of aliphatic hydroxyl groups is 1. The maximum atomic E-state index is 12.4. The largest absolute Gasteiger partial charge is 0.384 e. The fourth-order valence-electron chi connectivity index (χ4n) is 2.20. The lowest BCUT2D eigenvalue weighted by molar-refractivity contribution is 0.0702. The summed E-state index contributed by atoms with van der Waals surface area (Å²) in [4.78, 5) is 16.0. The quantitative estimate of drug-likeness (QED) is 0.800. The van der Waals surface area contributed by atoms with Gasteiger partial charge >= 0.3 is 0 Å². The first-order valence-corrected chi connectivity index (χ1v) is 7.43. The fraction of sp³-hybridized carbons (Fsp3) is 0.533. The average Bonchev–Trinajstić information content (AvgIpc) is 2.78. The van der Waals surface area contributed by atoms with E-state index in [0.717, 1.165) is 47.2 Å². The van der Waals surface area contributed by atoms with Gasteiger partial charge in [0.25, 0.3) is 5.91 Å². The van der Waals surface area contributed by atoms with Gasteiger partial charge in [-0.3, -0.25) is 4.79 Å². The molecule has 1 N–H and O–H groups in total. The number of aryl methyl sites for hydroxylation is 1.